The molecule has 0 aliphatic heterocycles. The summed E-state index contributed by atoms with van der Waals surface area (Å²) in [5.41, 5.74) is 4.95. The van der Waals surface area contributed by atoms with E-state index in [2.05, 4.69) is 0 Å². The third-order valence-corrected chi connectivity index (χ3v) is 2.64. The van der Waals surface area contributed by atoms with E-state index < -0.39 is 23.6 Å². The molecule has 106 valence electrons. The Balaban J connectivity index is 3.06. The van der Waals surface area contributed by atoms with Crippen LogP contribution in [-0.2, 0) is 4.74 Å². The van der Waals surface area contributed by atoms with E-state index in [-0.39, 0.29) is 24.4 Å². The molecule has 0 heterocycles. The van der Waals surface area contributed by atoms with Gasteiger partial charge in [0.2, 0.25) is 0 Å². The molecule has 1 atom stereocenters. The van der Waals surface area contributed by atoms with Crippen molar-refractivity contribution in [2.45, 2.75) is 6.10 Å². The topological polar surface area (TPSA) is 96.0 Å². The highest BCUT2D eigenvalue weighted by Crippen LogP contribution is 2.27. The Hall–Kier alpha value is -1.86. The zero-order valence-corrected chi connectivity index (χ0v) is 10.8. The van der Waals surface area contributed by atoms with E-state index in [1.807, 2.05) is 0 Å². The molecule has 0 spiro atoms. The number of carboxylic acid groups (broad SMARTS) is 1. The Labute approximate surface area is 110 Å². The van der Waals surface area contributed by atoms with Crippen molar-refractivity contribution in [1.29, 1.82) is 0 Å². The third-order valence-electron chi connectivity index (χ3n) is 2.64. The average Bonchev–Trinajstić information content (AvgIpc) is 2.31. The molecule has 0 saturated carbocycles. The molecule has 1 aromatic carbocycles. The summed E-state index contributed by atoms with van der Waals surface area (Å²) in [4.78, 5) is 12.6. The molecular weight excluding hydrogens is 255 g/mol. The van der Waals surface area contributed by atoms with Gasteiger partial charge in [-0.1, -0.05) is 0 Å². The first-order valence-electron chi connectivity index (χ1n) is 5.57. The molecule has 0 aliphatic rings. The van der Waals surface area contributed by atoms with Gasteiger partial charge in [0.25, 0.3) is 0 Å². The second-order valence-electron chi connectivity index (χ2n) is 4.15. The molecule has 1 rings (SSSR count). The van der Waals surface area contributed by atoms with Gasteiger partial charge in [0.05, 0.1) is 24.1 Å². The maximum Gasteiger partial charge on any atom is 0.340 e. The lowest BCUT2D eigenvalue weighted by Gasteiger charge is -2.24. The van der Waals surface area contributed by atoms with Crippen molar-refractivity contribution < 1.29 is 24.1 Å². The molecule has 0 amide bonds. The predicted octanol–water partition coefficient (Wildman–Crippen LogP) is 0.550. The molecular formula is C12H17FN2O4. The number of hydrogen-bond donors (Lipinski definition) is 3. The summed E-state index contributed by atoms with van der Waals surface area (Å²) >= 11 is 0. The zero-order chi connectivity index (χ0) is 14.6. The predicted molar refractivity (Wildman–Crippen MR) is 68.9 cm³/mol. The highest BCUT2D eigenvalue weighted by atomic mass is 19.1. The fourth-order valence-corrected chi connectivity index (χ4v) is 1.79. The maximum atomic E-state index is 13.3. The number of ether oxygens (including phenoxy) is 1. The molecule has 1 aromatic rings. The van der Waals surface area contributed by atoms with Crippen molar-refractivity contribution in [2.24, 2.45) is 0 Å². The normalized spacial score (nSPS) is 12.2. The number of aromatic carboxylic acids is 1. The molecule has 0 fully saturated rings. The van der Waals surface area contributed by atoms with Crippen LogP contribution in [-0.4, -0.2) is 49.6 Å². The monoisotopic (exact) mass is 272 g/mol. The molecule has 0 aliphatic carbocycles. The highest BCUT2D eigenvalue weighted by molar-refractivity contribution is 6.00. The lowest BCUT2D eigenvalue weighted by Crippen LogP contribution is -2.33. The summed E-state index contributed by atoms with van der Waals surface area (Å²) in [6.45, 7) is 0.253. The van der Waals surface area contributed by atoms with Crippen LogP contribution in [0.5, 0.6) is 0 Å². The number of carbonyl (C=O) groups is 1. The number of likely N-dealkylation sites (N-methyl/N-ethyl adjacent to an activating group) is 1. The van der Waals surface area contributed by atoms with E-state index in [1.54, 1.807) is 7.05 Å². The largest absolute Gasteiger partial charge is 0.478 e. The number of aliphatic hydroxyl groups excluding tert-OH is 1. The smallest absolute Gasteiger partial charge is 0.340 e. The number of benzene rings is 1. The number of methoxy groups -OCH3 is 1. The molecule has 0 saturated heterocycles. The van der Waals surface area contributed by atoms with Crippen LogP contribution in [0.1, 0.15) is 10.4 Å². The van der Waals surface area contributed by atoms with Crippen LogP contribution in [0.2, 0.25) is 0 Å². The number of halogens is 1. The second-order valence-corrected chi connectivity index (χ2v) is 4.15. The minimum absolute atomic E-state index is 0.115. The lowest BCUT2D eigenvalue weighted by atomic mass is 10.1. The fourth-order valence-electron chi connectivity index (χ4n) is 1.79. The van der Waals surface area contributed by atoms with Crippen LogP contribution in [0, 0.1) is 5.82 Å². The Bertz CT molecular complexity index is 467. The van der Waals surface area contributed by atoms with Crippen molar-refractivity contribution in [2.75, 3.05) is 37.9 Å². The van der Waals surface area contributed by atoms with Gasteiger partial charge < -0.3 is 25.6 Å². The van der Waals surface area contributed by atoms with E-state index >= 15 is 0 Å². The van der Waals surface area contributed by atoms with E-state index in [0.717, 1.165) is 6.07 Å². The van der Waals surface area contributed by atoms with Crippen LogP contribution in [0.3, 0.4) is 0 Å². The highest BCUT2D eigenvalue weighted by Gasteiger charge is 2.21. The van der Waals surface area contributed by atoms with E-state index in [4.69, 9.17) is 15.6 Å². The van der Waals surface area contributed by atoms with Crippen molar-refractivity contribution in [3.8, 4) is 0 Å². The van der Waals surface area contributed by atoms with Gasteiger partial charge in [-0.05, 0) is 12.1 Å². The van der Waals surface area contributed by atoms with Crippen molar-refractivity contribution >= 4 is 17.3 Å². The summed E-state index contributed by atoms with van der Waals surface area (Å²) in [5, 5.41) is 18.7. The Morgan fingerprint density at radius 2 is 2.21 bits per heavy atom. The number of rotatable bonds is 6. The Morgan fingerprint density at radius 1 is 1.58 bits per heavy atom. The number of aliphatic hydroxyl groups is 1. The number of anilines is 2. The molecule has 0 aromatic heterocycles. The van der Waals surface area contributed by atoms with Gasteiger partial charge >= 0.3 is 5.97 Å². The first-order valence-corrected chi connectivity index (χ1v) is 5.57. The summed E-state index contributed by atoms with van der Waals surface area (Å²) in [6, 6.07) is 2.41. The van der Waals surface area contributed by atoms with Gasteiger partial charge in [0.1, 0.15) is 11.4 Å². The van der Waals surface area contributed by atoms with Gasteiger partial charge in [-0.3, -0.25) is 0 Å². The molecule has 0 radical (unpaired) electrons. The van der Waals surface area contributed by atoms with Gasteiger partial charge in [-0.25, -0.2) is 9.18 Å². The first kappa shape index (κ1) is 15.2. The Kier molecular flexibility index (Phi) is 5.08. The van der Waals surface area contributed by atoms with Crippen LogP contribution in [0.15, 0.2) is 12.1 Å². The Morgan fingerprint density at radius 3 is 2.74 bits per heavy atom. The van der Waals surface area contributed by atoms with E-state index in [0.29, 0.717) is 0 Å². The minimum atomic E-state index is -1.32. The van der Waals surface area contributed by atoms with Crippen molar-refractivity contribution in [3.05, 3.63) is 23.5 Å². The second kappa shape index (κ2) is 6.35. The first-order chi connectivity index (χ1) is 8.88. The minimum Gasteiger partial charge on any atom is -0.478 e. The van der Waals surface area contributed by atoms with Gasteiger partial charge in [0, 0.05) is 20.7 Å². The summed E-state index contributed by atoms with van der Waals surface area (Å²) in [5.74, 6) is -2.10. The number of carboxylic acids is 1. The van der Waals surface area contributed by atoms with Gasteiger partial charge in [-0.2, -0.15) is 0 Å². The fraction of sp³-hybridized carbons (Fsp3) is 0.417. The number of nitrogens with two attached hydrogens (primary N) is 1. The molecule has 6 nitrogen and oxygen atoms in total. The number of nitrogen functional groups attached to an aromatic ring is 1. The average molecular weight is 272 g/mol. The SMILES string of the molecule is COCC(O)CN(C)c1ccc(F)c(N)c1C(=O)O. The van der Waals surface area contributed by atoms with Crippen molar-refractivity contribution in [3.63, 3.8) is 0 Å². The van der Waals surface area contributed by atoms with Crippen LogP contribution in [0.25, 0.3) is 0 Å². The zero-order valence-electron chi connectivity index (χ0n) is 10.8. The molecule has 0 bridgehead atoms. The maximum absolute atomic E-state index is 13.3. The number of nitrogens with zero attached hydrogens (tertiary/aromatic N) is 1. The van der Waals surface area contributed by atoms with Crippen molar-refractivity contribution in [1.82, 2.24) is 0 Å². The number of hydrogen-bond acceptors (Lipinski definition) is 5. The molecule has 4 N–H and O–H groups in total. The van der Waals surface area contributed by atoms with E-state index in [1.165, 1.54) is 18.1 Å². The van der Waals surface area contributed by atoms with Gasteiger partial charge in [0.15, 0.2) is 0 Å². The lowest BCUT2D eigenvalue weighted by molar-refractivity contribution is 0.0681. The van der Waals surface area contributed by atoms with Gasteiger partial charge in [-0.15, -0.1) is 0 Å². The summed E-state index contributed by atoms with van der Waals surface area (Å²) in [6.07, 6.45) is -0.789. The molecule has 19 heavy (non-hydrogen) atoms. The standard InChI is InChI=1S/C12H17FN2O4/c1-15(5-7(16)6-19-2)9-4-3-8(13)11(14)10(9)12(17)18/h3-4,7,16H,5-6,14H2,1-2H3,(H,17,18). The van der Waals surface area contributed by atoms with Crippen LogP contribution < -0.4 is 10.6 Å². The summed E-state index contributed by atoms with van der Waals surface area (Å²) < 4.78 is 18.1. The third kappa shape index (κ3) is 3.55. The summed E-state index contributed by atoms with van der Waals surface area (Å²) in [7, 11) is 3.03. The molecule has 1 unspecified atom stereocenters. The molecule has 7 heteroatoms. The van der Waals surface area contributed by atoms with Crippen LogP contribution >= 0.6 is 0 Å². The van der Waals surface area contributed by atoms with E-state index in [9.17, 15) is 14.3 Å². The van der Waals surface area contributed by atoms with Crippen LogP contribution in [0.4, 0.5) is 15.8 Å². The quantitative estimate of drug-likeness (QED) is 0.654.